The van der Waals surface area contributed by atoms with Gasteiger partial charge in [0.05, 0.1) is 23.7 Å². The monoisotopic (exact) mass is 382 g/mol. The minimum atomic E-state index is -0.937. The maximum absolute atomic E-state index is 12.4. The van der Waals surface area contributed by atoms with Crippen LogP contribution in [0.5, 0.6) is 0 Å². The molecule has 0 bridgehead atoms. The van der Waals surface area contributed by atoms with E-state index in [9.17, 15) is 29.4 Å². The molecular weight excluding hydrogens is 352 g/mol. The summed E-state index contributed by atoms with van der Waals surface area (Å²) in [6, 6.07) is -0.357. The van der Waals surface area contributed by atoms with Gasteiger partial charge in [0.15, 0.2) is 0 Å². The second-order valence-electron chi connectivity index (χ2n) is 7.83. The van der Waals surface area contributed by atoms with Gasteiger partial charge in [-0.05, 0) is 32.6 Å². The van der Waals surface area contributed by atoms with Crippen LogP contribution in [0.3, 0.4) is 0 Å². The van der Waals surface area contributed by atoms with Crippen LogP contribution in [-0.2, 0) is 19.2 Å². The Labute approximate surface area is 159 Å². The molecule has 152 valence electrons. The first kappa shape index (κ1) is 21.2. The number of carbonyl (C=O) groups is 4. The lowest BCUT2D eigenvalue weighted by Gasteiger charge is -2.30. The van der Waals surface area contributed by atoms with Gasteiger partial charge < -0.3 is 20.8 Å². The van der Waals surface area contributed by atoms with Gasteiger partial charge in [0.2, 0.25) is 11.8 Å². The maximum Gasteiger partial charge on any atom is 0.307 e. The Morgan fingerprint density at radius 1 is 0.778 bits per heavy atom. The summed E-state index contributed by atoms with van der Waals surface area (Å²) in [4.78, 5) is 47.5. The molecule has 0 aromatic rings. The smallest absolute Gasteiger partial charge is 0.307 e. The van der Waals surface area contributed by atoms with Crippen LogP contribution in [0.15, 0.2) is 0 Å². The van der Waals surface area contributed by atoms with Gasteiger partial charge in [0.25, 0.3) is 0 Å². The number of rotatable bonds is 7. The van der Waals surface area contributed by atoms with Crippen molar-refractivity contribution in [3.05, 3.63) is 0 Å². The van der Waals surface area contributed by atoms with E-state index in [1.807, 2.05) is 0 Å². The topological polar surface area (TPSA) is 133 Å². The lowest BCUT2D eigenvalue weighted by atomic mass is 9.78. The van der Waals surface area contributed by atoms with Crippen molar-refractivity contribution in [2.45, 2.75) is 64.3 Å². The molecule has 2 fully saturated rings. The molecule has 0 saturated heterocycles. The molecule has 0 spiro atoms. The van der Waals surface area contributed by atoms with Crippen molar-refractivity contribution >= 4 is 23.8 Å². The molecule has 2 rings (SSSR count). The van der Waals surface area contributed by atoms with Crippen molar-refractivity contribution in [1.82, 2.24) is 10.6 Å². The lowest BCUT2D eigenvalue weighted by Crippen LogP contribution is -2.48. The van der Waals surface area contributed by atoms with E-state index in [1.54, 1.807) is 6.92 Å². The Morgan fingerprint density at radius 3 is 1.63 bits per heavy atom. The summed E-state index contributed by atoms with van der Waals surface area (Å²) >= 11 is 0. The number of hydrogen-bond acceptors (Lipinski definition) is 4. The van der Waals surface area contributed by atoms with Crippen LogP contribution in [0.25, 0.3) is 0 Å². The Bertz CT molecular complexity index is 579. The van der Waals surface area contributed by atoms with E-state index in [2.05, 4.69) is 10.6 Å². The number of hydrogen-bond donors (Lipinski definition) is 4. The Morgan fingerprint density at radius 2 is 1.19 bits per heavy atom. The molecule has 8 nitrogen and oxygen atoms in total. The molecule has 0 unspecified atom stereocenters. The van der Waals surface area contributed by atoms with Gasteiger partial charge in [0, 0.05) is 12.6 Å². The van der Waals surface area contributed by atoms with E-state index >= 15 is 0 Å². The fraction of sp³-hybridized carbons (Fsp3) is 0.789. The quantitative estimate of drug-likeness (QED) is 0.526. The number of carbonyl (C=O) groups excluding carboxylic acids is 2. The summed E-state index contributed by atoms with van der Waals surface area (Å²) in [5, 5.41) is 24.1. The minimum absolute atomic E-state index is 0.192. The maximum atomic E-state index is 12.4. The van der Waals surface area contributed by atoms with Gasteiger partial charge in [0.1, 0.15) is 0 Å². The molecule has 2 aliphatic rings. The fourth-order valence-corrected chi connectivity index (χ4v) is 4.27. The number of amides is 2. The van der Waals surface area contributed by atoms with Crippen LogP contribution in [0.4, 0.5) is 0 Å². The van der Waals surface area contributed by atoms with Crippen LogP contribution >= 0.6 is 0 Å². The highest BCUT2D eigenvalue weighted by atomic mass is 16.4. The second-order valence-corrected chi connectivity index (χ2v) is 7.83. The zero-order chi connectivity index (χ0) is 20.0. The molecule has 2 saturated carbocycles. The van der Waals surface area contributed by atoms with Crippen LogP contribution in [0.2, 0.25) is 0 Å². The molecule has 27 heavy (non-hydrogen) atoms. The van der Waals surface area contributed by atoms with Gasteiger partial charge in [-0.15, -0.1) is 0 Å². The molecule has 8 heteroatoms. The first-order valence-electron chi connectivity index (χ1n) is 9.85. The zero-order valence-electron chi connectivity index (χ0n) is 15.8. The van der Waals surface area contributed by atoms with E-state index in [1.165, 1.54) is 0 Å². The lowest BCUT2D eigenvalue weighted by molar-refractivity contribution is -0.149. The third-order valence-electron chi connectivity index (χ3n) is 5.81. The van der Waals surface area contributed by atoms with Crippen molar-refractivity contribution in [3.63, 3.8) is 0 Å². The zero-order valence-corrected chi connectivity index (χ0v) is 15.8. The van der Waals surface area contributed by atoms with E-state index < -0.39 is 35.6 Å². The summed E-state index contributed by atoms with van der Waals surface area (Å²) in [6.45, 7) is 1.93. The first-order valence-corrected chi connectivity index (χ1v) is 9.85. The fourth-order valence-electron chi connectivity index (χ4n) is 4.27. The molecule has 0 heterocycles. The molecule has 5 atom stereocenters. The Hall–Kier alpha value is -2.12. The minimum Gasteiger partial charge on any atom is -0.481 e. The molecule has 2 amide bonds. The number of aliphatic carboxylic acids is 2. The van der Waals surface area contributed by atoms with Gasteiger partial charge in [-0.3, -0.25) is 19.2 Å². The Kier molecular flexibility index (Phi) is 7.62. The van der Waals surface area contributed by atoms with E-state index in [-0.39, 0.29) is 24.4 Å². The number of nitrogens with one attached hydrogen (secondary N) is 2. The standard InChI is InChI=1S/C19H30N2O6/c1-11(21-17(23)13-7-3-5-9-15(13)19(26)27)10-20-16(22)12-6-2-4-8-14(12)18(24)25/h11-15H,2-10H2,1H3,(H,20,22)(H,21,23)(H,24,25)(H,26,27)/t11-,12-,13+,14+,15+/m1/s1. The average molecular weight is 382 g/mol. The van der Waals surface area contributed by atoms with Crippen LogP contribution in [0.1, 0.15) is 58.3 Å². The van der Waals surface area contributed by atoms with Crippen molar-refractivity contribution in [2.75, 3.05) is 6.54 Å². The summed E-state index contributed by atoms with van der Waals surface area (Å²) in [6.07, 6.45) is 5.46. The van der Waals surface area contributed by atoms with Gasteiger partial charge in [-0.2, -0.15) is 0 Å². The predicted octanol–water partition coefficient (Wildman–Crippen LogP) is 1.39. The van der Waals surface area contributed by atoms with Crippen molar-refractivity contribution < 1.29 is 29.4 Å². The van der Waals surface area contributed by atoms with Crippen molar-refractivity contribution in [2.24, 2.45) is 23.7 Å². The number of carboxylic acids is 2. The highest BCUT2D eigenvalue weighted by Gasteiger charge is 2.37. The summed E-state index contributed by atoms with van der Waals surface area (Å²) in [7, 11) is 0. The van der Waals surface area contributed by atoms with Gasteiger partial charge in [-0.1, -0.05) is 25.7 Å². The van der Waals surface area contributed by atoms with Gasteiger partial charge >= 0.3 is 11.9 Å². The van der Waals surface area contributed by atoms with Gasteiger partial charge in [-0.25, -0.2) is 0 Å². The molecular formula is C19H30N2O6. The third kappa shape index (κ3) is 5.68. The highest BCUT2D eigenvalue weighted by molar-refractivity contribution is 5.86. The van der Waals surface area contributed by atoms with Crippen LogP contribution in [0, 0.1) is 23.7 Å². The van der Waals surface area contributed by atoms with E-state index in [0.717, 1.165) is 25.7 Å². The summed E-state index contributed by atoms with van der Waals surface area (Å²) in [5.74, 6) is -4.82. The first-order chi connectivity index (χ1) is 12.8. The van der Waals surface area contributed by atoms with Crippen molar-refractivity contribution in [3.8, 4) is 0 Å². The average Bonchev–Trinajstić information content (AvgIpc) is 2.65. The second kappa shape index (κ2) is 9.71. The van der Waals surface area contributed by atoms with E-state index in [0.29, 0.717) is 25.7 Å². The molecule has 2 aliphatic carbocycles. The predicted molar refractivity (Wildman–Crippen MR) is 96.8 cm³/mol. The molecule has 0 aromatic heterocycles. The van der Waals surface area contributed by atoms with Crippen molar-refractivity contribution in [1.29, 1.82) is 0 Å². The summed E-state index contributed by atoms with van der Waals surface area (Å²) in [5.41, 5.74) is 0. The highest BCUT2D eigenvalue weighted by Crippen LogP contribution is 2.31. The third-order valence-corrected chi connectivity index (χ3v) is 5.81. The largest absolute Gasteiger partial charge is 0.481 e. The molecule has 0 aromatic carbocycles. The SMILES string of the molecule is C[C@H](CNC(=O)[C@@H]1CCCC[C@@H]1C(=O)O)NC(=O)[C@H]1CCCC[C@@H]1C(=O)O. The molecule has 0 radical (unpaired) electrons. The summed E-state index contributed by atoms with van der Waals surface area (Å²) < 4.78 is 0. The molecule has 4 N–H and O–H groups in total. The van der Waals surface area contributed by atoms with E-state index in [4.69, 9.17) is 0 Å². The Balaban J connectivity index is 1.83. The van der Waals surface area contributed by atoms with Crippen LogP contribution < -0.4 is 10.6 Å². The van der Waals surface area contributed by atoms with Crippen LogP contribution in [-0.4, -0.2) is 46.6 Å². The number of carboxylic acid groups (broad SMARTS) is 2. The molecule has 0 aliphatic heterocycles. The normalized spacial score (nSPS) is 29.4.